The Balaban J connectivity index is 3.44. The second-order valence-corrected chi connectivity index (χ2v) is 3.21. The van der Waals surface area contributed by atoms with Crippen LogP contribution in [-0.4, -0.2) is 5.24 Å². The summed E-state index contributed by atoms with van der Waals surface area (Å²) in [4.78, 5) is 10.9. The first-order chi connectivity index (χ1) is 6.06. The predicted molar refractivity (Wildman–Crippen MR) is 50.8 cm³/mol. The van der Waals surface area contributed by atoms with Gasteiger partial charge in [0.1, 0.15) is 0 Å². The molecule has 1 aromatic rings. The third kappa shape index (κ3) is 1.88. The van der Waals surface area contributed by atoms with E-state index in [4.69, 9.17) is 16.9 Å². The Labute approximate surface area is 81.7 Å². The molecule has 1 rings (SSSR count). The smallest absolute Gasteiger partial charge is 0.253 e. The lowest BCUT2D eigenvalue weighted by Crippen LogP contribution is -1.96. The minimum Gasteiger partial charge on any atom is -0.276 e. The first kappa shape index (κ1) is 9.76. The molecule has 0 aliphatic rings. The standard InChI is InChI=1S/C10H8ClNO/c1-6-3-8(5-12)9(10(11)13)4-7(6)2/h3-4H,1-2H3. The van der Waals surface area contributed by atoms with E-state index in [1.807, 2.05) is 19.9 Å². The minimum absolute atomic E-state index is 0.285. The van der Waals surface area contributed by atoms with Gasteiger partial charge >= 0.3 is 0 Å². The first-order valence-corrected chi connectivity index (χ1v) is 4.15. The lowest BCUT2D eigenvalue weighted by Gasteiger charge is -2.03. The maximum Gasteiger partial charge on any atom is 0.253 e. The summed E-state index contributed by atoms with van der Waals surface area (Å²) in [5.74, 6) is 0. The van der Waals surface area contributed by atoms with E-state index in [1.165, 1.54) is 0 Å². The molecule has 2 nitrogen and oxygen atoms in total. The van der Waals surface area contributed by atoms with Gasteiger partial charge in [-0.3, -0.25) is 4.79 Å². The van der Waals surface area contributed by atoms with Gasteiger partial charge in [-0.15, -0.1) is 0 Å². The third-order valence-electron chi connectivity index (χ3n) is 1.97. The largest absolute Gasteiger partial charge is 0.276 e. The van der Waals surface area contributed by atoms with Crippen LogP contribution in [0.1, 0.15) is 27.0 Å². The molecule has 3 heteroatoms. The van der Waals surface area contributed by atoms with E-state index >= 15 is 0 Å². The highest BCUT2D eigenvalue weighted by molar-refractivity contribution is 6.68. The molecule has 1 aromatic carbocycles. The van der Waals surface area contributed by atoms with Crippen molar-refractivity contribution in [2.24, 2.45) is 0 Å². The molecule has 0 unspecified atom stereocenters. The Hall–Kier alpha value is -1.33. The van der Waals surface area contributed by atoms with Gasteiger partial charge in [0.2, 0.25) is 0 Å². The van der Waals surface area contributed by atoms with E-state index in [0.29, 0.717) is 5.56 Å². The summed E-state index contributed by atoms with van der Waals surface area (Å²) in [7, 11) is 0. The van der Waals surface area contributed by atoms with Gasteiger partial charge in [-0.05, 0) is 48.7 Å². The van der Waals surface area contributed by atoms with Crippen LogP contribution in [0.3, 0.4) is 0 Å². The fraction of sp³-hybridized carbons (Fsp3) is 0.200. The number of nitriles is 1. The maximum absolute atomic E-state index is 10.9. The van der Waals surface area contributed by atoms with Crippen molar-refractivity contribution < 1.29 is 4.79 Å². The van der Waals surface area contributed by atoms with Crippen LogP contribution in [0.25, 0.3) is 0 Å². The quantitative estimate of drug-likeness (QED) is 0.644. The van der Waals surface area contributed by atoms with Gasteiger partial charge < -0.3 is 0 Å². The van der Waals surface area contributed by atoms with E-state index in [1.54, 1.807) is 12.1 Å². The van der Waals surface area contributed by atoms with Gasteiger partial charge in [0.05, 0.1) is 17.2 Å². The lowest BCUT2D eigenvalue weighted by atomic mass is 10.0. The predicted octanol–water partition coefficient (Wildman–Crippen LogP) is 2.55. The molecule has 13 heavy (non-hydrogen) atoms. The summed E-state index contributed by atoms with van der Waals surface area (Å²) in [6, 6.07) is 5.25. The zero-order valence-electron chi connectivity index (χ0n) is 7.39. The molecule has 0 spiro atoms. The van der Waals surface area contributed by atoms with Gasteiger partial charge in [-0.1, -0.05) is 0 Å². The number of benzene rings is 1. The van der Waals surface area contributed by atoms with Crippen molar-refractivity contribution in [2.75, 3.05) is 0 Å². The number of hydrogen-bond acceptors (Lipinski definition) is 2. The van der Waals surface area contributed by atoms with Gasteiger partial charge in [0.15, 0.2) is 0 Å². The highest BCUT2D eigenvalue weighted by atomic mass is 35.5. The molecule has 0 saturated heterocycles. The molecule has 0 saturated carbocycles. The molecule has 66 valence electrons. The number of aryl methyl sites for hydroxylation is 2. The Morgan fingerprint density at radius 1 is 1.38 bits per heavy atom. The average Bonchev–Trinajstić information content (AvgIpc) is 2.08. The van der Waals surface area contributed by atoms with Crippen LogP contribution in [0, 0.1) is 25.2 Å². The molecule has 0 aliphatic carbocycles. The molecule has 0 bridgehead atoms. The van der Waals surface area contributed by atoms with E-state index < -0.39 is 5.24 Å². The van der Waals surface area contributed by atoms with Crippen LogP contribution in [-0.2, 0) is 0 Å². The highest BCUT2D eigenvalue weighted by Crippen LogP contribution is 2.16. The van der Waals surface area contributed by atoms with Gasteiger partial charge in [-0.25, -0.2) is 0 Å². The Morgan fingerprint density at radius 3 is 2.38 bits per heavy atom. The molecule has 0 aliphatic heterocycles. The number of halogens is 1. The van der Waals surface area contributed by atoms with Crippen molar-refractivity contribution in [3.63, 3.8) is 0 Å². The molecule has 0 radical (unpaired) electrons. The molecular formula is C10H8ClNO. The maximum atomic E-state index is 10.9. The summed E-state index contributed by atoms with van der Waals surface area (Å²) >= 11 is 5.32. The van der Waals surface area contributed by atoms with Gasteiger partial charge in [0.25, 0.3) is 5.24 Å². The fourth-order valence-corrected chi connectivity index (χ4v) is 1.23. The number of hydrogen-bond donors (Lipinski definition) is 0. The Kier molecular flexibility index (Phi) is 2.69. The van der Waals surface area contributed by atoms with E-state index in [0.717, 1.165) is 11.1 Å². The lowest BCUT2D eigenvalue weighted by molar-refractivity contribution is 0.108. The van der Waals surface area contributed by atoms with Gasteiger partial charge in [0, 0.05) is 0 Å². The van der Waals surface area contributed by atoms with Crippen LogP contribution in [0.5, 0.6) is 0 Å². The van der Waals surface area contributed by atoms with Crippen LogP contribution in [0.15, 0.2) is 12.1 Å². The van der Waals surface area contributed by atoms with Crippen molar-refractivity contribution in [3.05, 3.63) is 34.4 Å². The third-order valence-corrected chi connectivity index (χ3v) is 2.17. The number of carbonyl (C=O) groups is 1. The van der Waals surface area contributed by atoms with E-state index in [-0.39, 0.29) is 5.56 Å². The summed E-state index contributed by atoms with van der Waals surface area (Å²) < 4.78 is 0. The van der Waals surface area contributed by atoms with Crippen LogP contribution < -0.4 is 0 Å². The molecule has 0 N–H and O–H groups in total. The van der Waals surface area contributed by atoms with Crippen molar-refractivity contribution in [1.82, 2.24) is 0 Å². The molecule has 0 atom stereocenters. The van der Waals surface area contributed by atoms with Gasteiger partial charge in [-0.2, -0.15) is 5.26 Å². The first-order valence-electron chi connectivity index (χ1n) is 3.77. The molecular weight excluding hydrogens is 186 g/mol. The van der Waals surface area contributed by atoms with Crippen molar-refractivity contribution in [1.29, 1.82) is 5.26 Å². The molecule has 0 amide bonds. The van der Waals surface area contributed by atoms with Crippen molar-refractivity contribution >= 4 is 16.8 Å². The number of nitrogens with zero attached hydrogens (tertiary/aromatic N) is 1. The number of carbonyl (C=O) groups excluding carboxylic acids is 1. The summed E-state index contributed by atoms with van der Waals surface area (Å²) in [6.45, 7) is 3.76. The van der Waals surface area contributed by atoms with Crippen molar-refractivity contribution in [3.8, 4) is 6.07 Å². The number of rotatable bonds is 1. The fourth-order valence-electron chi connectivity index (χ4n) is 1.07. The van der Waals surface area contributed by atoms with Crippen molar-refractivity contribution in [2.45, 2.75) is 13.8 Å². The summed E-state index contributed by atoms with van der Waals surface area (Å²) in [5.41, 5.74) is 2.57. The Bertz CT molecular complexity index is 404. The van der Waals surface area contributed by atoms with Crippen LogP contribution >= 0.6 is 11.6 Å². The summed E-state index contributed by atoms with van der Waals surface area (Å²) in [5, 5.41) is 8.14. The zero-order chi connectivity index (χ0) is 10.0. The SMILES string of the molecule is Cc1cc(C#N)c(C(=O)Cl)cc1C. The second-order valence-electron chi connectivity index (χ2n) is 2.87. The normalized spacial score (nSPS) is 9.38. The van der Waals surface area contributed by atoms with E-state index in [2.05, 4.69) is 0 Å². The molecule has 0 fully saturated rings. The highest BCUT2D eigenvalue weighted by Gasteiger charge is 2.10. The monoisotopic (exact) mass is 193 g/mol. The summed E-state index contributed by atoms with van der Waals surface area (Å²) in [6.07, 6.45) is 0. The van der Waals surface area contributed by atoms with Crippen LogP contribution in [0.4, 0.5) is 0 Å². The zero-order valence-corrected chi connectivity index (χ0v) is 8.14. The second kappa shape index (κ2) is 3.59. The average molecular weight is 194 g/mol. The minimum atomic E-state index is -0.584. The van der Waals surface area contributed by atoms with E-state index in [9.17, 15) is 4.79 Å². The molecule has 0 heterocycles. The Morgan fingerprint density at radius 2 is 1.92 bits per heavy atom. The van der Waals surface area contributed by atoms with Crippen LogP contribution in [0.2, 0.25) is 0 Å². The molecule has 0 aromatic heterocycles. The topological polar surface area (TPSA) is 40.9 Å².